The molecule has 2 heterocycles. The van der Waals surface area contributed by atoms with Crippen molar-refractivity contribution in [1.82, 2.24) is 5.32 Å². The number of piperidine rings is 1. The quantitative estimate of drug-likeness (QED) is 0.687. The normalized spacial score (nSPS) is 26.0. The van der Waals surface area contributed by atoms with Gasteiger partial charge >= 0.3 is 5.69 Å². The predicted molar refractivity (Wildman–Crippen MR) is 84.1 cm³/mol. The van der Waals surface area contributed by atoms with Crippen molar-refractivity contribution < 1.29 is 4.92 Å². The second-order valence-corrected chi connectivity index (χ2v) is 6.23. The highest BCUT2D eigenvalue weighted by Gasteiger charge is 2.35. The summed E-state index contributed by atoms with van der Waals surface area (Å²) >= 11 is 6.07. The van der Waals surface area contributed by atoms with Gasteiger partial charge in [-0.25, -0.2) is 0 Å². The van der Waals surface area contributed by atoms with Crippen molar-refractivity contribution in [2.75, 3.05) is 18.0 Å². The van der Waals surface area contributed by atoms with Crippen molar-refractivity contribution in [1.29, 1.82) is 0 Å². The van der Waals surface area contributed by atoms with Gasteiger partial charge in [0.15, 0.2) is 0 Å². The third-order valence-electron chi connectivity index (χ3n) is 4.57. The van der Waals surface area contributed by atoms with Crippen LogP contribution in [0.3, 0.4) is 0 Å². The molecule has 1 N–H and O–H groups in total. The first-order chi connectivity index (χ1) is 10.2. The monoisotopic (exact) mass is 309 g/mol. The van der Waals surface area contributed by atoms with Gasteiger partial charge in [0.1, 0.15) is 10.7 Å². The summed E-state index contributed by atoms with van der Waals surface area (Å²) in [5.74, 6) is 0. The Morgan fingerprint density at radius 2 is 2.14 bits per heavy atom. The smallest absolute Gasteiger partial charge is 0.310 e. The molecule has 0 aliphatic carbocycles. The number of nitrogens with zero attached hydrogens (tertiary/aromatic N) is 2. The molecule has 0 aromatic heterocycles. The van der Waals surface area contributed by atoms with Gasteiger partial charge in [-0.05, 0) is 50.8 Å². The first-order valence-electron chi connectivity index (χ1n) is 7.61. The Kier molecular flexibility index (Phi) is 4.31. The Morgan fingerprint density at radius 1 is 1.29 bits per heavy atom. The molecule has 0 saturated carbocycles. The summed E-state index contributed by atoms with van der Waals surface area (Å²) in [4.78, 5) is 13.2. The number of benzene rings is 1. The van der Waals surface area contributed by atoms with Crippen LogP contribution in [0.15, 0.2) is 18.2 Å². The number of nitro groups is 1. The summed E-state index contributed by atoms with van der Waals surface area (Å²) < 4.78 is 0. The third-order valence-corrected chi connectivity index (χ3v) is 4.87. The van der Waals surface area contributed by atoms with Crippen LogP contribution in [0, 0.1) is 10.1 Å². The molecule has 2 aliphatic heterocycles. The lowest BCUT2D eigenvalue weighted by Crippen LogP contribution is -2.50. The van der Waals surface area contributed by atoms with Crippen LogP contribution in [0.4, 0.5) is 11.4 Å². The van der Waals surface area contributed by atoms with Gasteiger partial charge in [0, 0.05) is 18.6 Å². The number of rotatable bonds is 3. The minimum atomic E-state index is -0.356. The van der Waals surface area contributed by atoms with E-state index in [4.69, 9.17) is 11.6 Å². The third kappa shape index (κ3) is 2.85. The lowest BCUT2D eigenvalue weighted by atomic mass is 9.93. The first kappa shape index (κ1) is 14.6. The van der Waals surface area contributed by atoms with Gasteiger partial charge in [-0.3, -0.25) is 10.1 Å². The minimum absolute atomic E-state index is 0.0454. The van der Waals surface area contributed by atoms with Crippen LogP contribution in [-0.2, 0) is 0 Å². The highest BCUT2D eigenvalue weighted by Crippen LogP contribution is 2.39. The number of hydrogen-bond donors (Lipinski definition) is 1. The van der Waals surface area contributed by atoms with E-state index in [1.54, 1.807) is 12.1 Å². The number of halogens is 1. The SMILES string of the molecule is O=[N+]([O-])c1c(Cl)cccc1N1CCCCC1C1CCCN1. The highest BCUT2D eigenvalue weighted by molar-refractivity contribution is 6.33. The molecule has 0 bridgehead atoms. The van der Waals surface area contributed by atoms with Crippen LogP contribution < -0.4 is 10.2 Å². The zero-order chi connectivity index (χ0) is 14.8. The Morgan fingerprint density at radius 3 is 2.86 bits per heavy atom. The molecule has 5 nitrogen and oxygen atoms in total. The highest BCUT2D eigenvalue weighted by atomic mass is 35.5. The predicted octanol–water partition coefficient (Wildman–Crippen LogP) is 3.36. The average molecular weight is 310 g/mol. The summed E-state index contributed by atoms with van der Waals surface area (Å²) in [5, 5.41) is 15.2. The van der Waals surface area contributed by atoms with E-state index in [0.29, 0.717) is 17.8 Å². The molecule has 1 aromatic carbocycles. The van der Waals surface area contributed by atoms with Gasteiger partial charge in [-0.2, -0.15) is 0 Å². The Balaban J connectivity index is 1.96. The minimum Gasteiger partial charge on any atom is -0.361 e. The van der Waals surface area contributed by atoms with Gasteiger partial charge < -0.3 is 10.2 Å². The molecule has 2 fully saturated rings. The number of anilines is 1. The number of para-hydroxylation sites is 1. The summed E-state index contributed by atoms with van der Waals surface area (Å²) in [6, 6.07) is 5.99. The second kappa shape index (κ2) is 6.20. The summed E-state index contributed by atoms with van der Waals surface area (Å²) in [6.07, 6.45) is 5.68. The van der Waals surface area contributed by atoms with Crippen LogP contribution in [0.25, 0.3) is 0 Å². The van der Waals surface area contributed by atoms with E-state index >= 15 is 0 Å². The zero-order valence-corrected chi connectivity index (χ0v) is 12.7. The summed E-state index contributed by atoms with van der Waals surface area (Å²) in [7, 11) is 0. The van der Waals surface area contributed by atoms with E-state index in [1.807, 2.05) is 6.07 Å². The second-order valence-electron chi connectivity index (χ2n) is 5.82. The van der Waals surface area contributed by atoms with Crippen molar-refractivity contribution in [2.45, 2.75) is 44.2 Å². The number of hydrogen-bond acceptors (Lipinski definition) is 4. The molecule has 2 saturated heterocycles. The maximum absolute atomic E-state index is 11.4. The van der Waals surface area contributed by atoms with Crippen LogP contribution in [0.5, 0.6) is 0 Å². The van der Waals surface area contributed by atoms with Crippen molar-refractivity contribution in [2.24, 2.45) is 0 Å². The maximum Gasteiger partial charge on any atom is 0.310 e. The fraction of sp³-hybridized carbons (Fsp3) is 0.600. The van der Waals surface area contributed by atoms with Gasteiger partial charge in [-0.15, -0.1) is 0 Å². The molecule has 6 heteroatoms. The van der Waals surface area contributed by atoms with Gasteiger partial charge in [0.25, 0.3) is 0 Å². The zero-order valence-electron chi connectivity index (χ0n) is 11.9. The topological polar surface area (TPSA) is 58.4 Å². The fourth-order valence-corrected chi connectivity index (χ4v) is 3.87. The van der Waals surface area contributed by atoms with Crippen LogP contribution in [0.1, 0.15) is 32.1 Å². The molecule has 3 rings (SSSR count). The molecule has 1 aromatic rings. The molecule has 0 amide bonds. The van der Waals surface area contributed by atoms with E-state index in [9.17, 15) is 10.1 Å². The lowest BCUT2D eigenvalue weighted by molar-refractivity contribution is -0.384. The van der Waals surface area contributed by atoms with Crippen molar-refractivity contribution >= 4 is 23.0 Å². The van der Waals surface area contributed by atoms with Crippen LogP contribution in [0.2, 0.25) is 5.02 Å². The van der Waals surface area contributed by atoms with Gasteiger partial charge in [-0.1, -0.05) is 17.7 Å². The Labute approximate surface area is 129 Å². The Hall–Kier alpha value is -1.33. The summed E-state index contributed by atoms with van der Waals surface area (Å²) in [5.41, 5.74) is 0.718. The number of nitro benzene ring substituents is 1. The Bertz CT molecular complexity index is 532. The number of nitrogens with one attached hydrogen (secondary N) is 1. The van der Waals surface area contributed by atoms with E-state index in [2.05, 4.69) is 10.2 Å². The van der Waals surface area contributed by atoms with E-state index in [-0.39, 0.29) is 15.6 Å². The fourth-order valence-electron chi connectivity index (χ4n) is 3.63. The largest absolute Gasteiger partial charge is 0.361 e. The molecule has 21 heavy (non-hydrogen) atoms. The van der Waals surface area contributed by atoms with Crippen LogP contribution >= 0.6 is 11.6 Å². The molecule has 114 valence electrons. The van der Waals surface area contributed by atoms with E-state index in [1.165, 1.54) is 12.8 Å². The van der Waals surface area contributed by atoms with Crippen molar-refractivity contribution in [3.05, 3.63) is 33.3 Å². The van der Waals surface area contributed by atoms with Crippen molar-refractivity contribution in [3.63, 3.8) is 0 Å². The maximum atomic E-state index is 11.4. The molecular formula is C15H20ClN3O2. The first-order valence-corrected chi connectivity index (χ1v) is 7.99. The van der Waals surface area contributed by atoms with E-state index < -0.39 is 0 Å². The van der Waals surface area contributed by atoms with E-state index in [0.717, 1.165) is 32.4 Å². The molecule has 2 unspecified atom stereocenters. The molecule has 0 radical (unpaired) electrons. The summed E-state index contributed by atoms with van der Waals surface area (Å²) in [6.45, 7) is 1.91. The lowest BCUT2D eigenvalue weighted by Gasteiger charge is -2.40. The van der Waals surface area contributed by atoms with Gasteiger partial charge in [0.2, 0.25) is 0 Å². The molecule has 2 atom stereocenters. The molecule has 0 spiro atoms. The molecule has 2 aliphatic rings. The van der Waals surface area contributed by atoms with Crippen LogP contribution in [-0.4, -0.2) is 30.1 Å². The average Bonchev–Trinajstić information content (AvgIpc) is 3.00. The van der Waals surface area contributed by atoms with Gasteiger partial charge in [0.05, 0.1) is 4.92 Å². The van der Waals surface area contributed by atoms with Crippen molar-refractivity contribution in [3.8, 4) is 0 Å². The standard InChI is InChI=1S/C15H20ClN3O2/c16-11-5-3-8-14(15(11)19(20)21)18-10-2-1-7-13(18)12-6-4-9-17-12/h3,5,8,12-13,17H,1-2,4,6-7,9-10H2. The molecular weight excluding hydrogens is 290 g/mol.